The second-order valence-corrected chi connectivity index (χ2v) is 7.38. The Balaban J connectivity index is 1.71. The molecule has 2 aromatic rings. The molecule has 25 heavy (non-hydrogen) atoms. The molecular weight excluding hydrogens is 326 g/mol. The number of nitrogens with zero attached hydrogens (tertiary/aromatic N) is 1. The normalized spacial score (nSPS) is 12.9. The molecule has 0 radical (unpaired) electrons. The monoisotopic (exact) mass is 351 g/mol. The third-order valence-electron chi connectivity index (χ3n) is 4.37. The second-order valence-electron chi connectivity index (χ2n) is 6.29. The molecule has 0 fully saturated rings. The minimum atomic E-state index is 0.130. The lowest BCUT2D eigenvalue weighted by molar-refractivity contribution is -0.117. The van der Waals surface area contributed by atoms with Crippen molar-refractivity contribution < 1.29 is 4.79 Å². The van der Waals surface area contributed by atoms with Crippen molar-refractivity contribution >= 4 is 29.0 Å². The van der Waals surface area contributed by atoms with Gasteiger partial charge in [0.1, 0.15) is 0 Å². The van der Waals surface area contributed by atoms with Crippen LogP contribution in [-0.4, -0.2) is 5.91 Å². The highest BCUT2D eigenvalue weighted by molar-refractivity contribution is 7.99. The summed E-state index contributed by atoms with van der Waals surface area (Å²) in [6, 6.07) is 16.3. The number of carbonyl (C=O) groups excluding carboxylic acids is 1. The van der Waals surface area contributed by atoms with Gasteiger partial charge in [-0.2, -0.15) is 0 Å². The molecule has 2 nitrogen and oxygen atoms in total. The summed E-state index contributed by atoms with van der Waals surface area (Å²) in [4.78, 5) is 17.1. The number of allylic oxidation sites excluding steroid dienone is 1. The molecule has 0 aromatic heterocycles. The fourth-order valence-corrected chi connectivity index (χ4v) is 4.11. The smallest absolute Gasteiger partial charge is 0.235 e. The number of para-hydroxylation sites is 2. The zero-order valence-corrected chi connectivity index (χ0v) is 15.6. The number of unbranched alkanes of at least 4 members (excludes halogenated alkanes) is 4. The lowest BCUT2D eigenvalue weighted by atomic mass is 10.1. The van der Waals surface area contributed by atoms with Crippen LogP contribution in [0.4, 0.5) is 11.4 Å². The number of carbonyl (C=O) groups is 1. The molecule has 0 bridgehead atoms. The number of fused-ring (bicyclic) bond motifs is 2. The van der Waals surface area contributed by atoms with E-state index in [9.17, 15) is 4.79 Å². The Morgan fingerprint density at radius 1 is 0.920 bits per heavy atom. The highest BCUT2D eigenvalue weighted by Gasteiger charge is 2.26. The maximum Gasteiger partial charge on any atom is 0.235 e. The number of hydrogen-bond acceptors (Lipinski definition) is 2. The molecule has 3 rings (SSSR count). The van der Waals surface area contributed by atoms with Gasteiger partial charge in [-0.3, -0.25) is 9.69 Å². The van der Waals surface area contributed by atoms with Gasteiger partial charge in [0.05, 0.1) is 11.4 Å². The van der Waals surface area contributed by atoms with E-state index in [4.69, 9.17) is 0 Å². The molecular formula is C22H25NOS. The van der Waals surface area contributed by atoms with Crippen molar-refractivity contribution in [2.75, 3.05) is 4.90 Å². The molecule has 0 saturated carbocycles. The lowest BCUT2D eigenvalue weighted by Gasteiger charge is -2.30. The number of benzene rings is 2. The maximum atomic E-state index is 12.9. The third-order valence-corrected chi connectivity index (χ3v) is 5.50. The zero-order chi connectivity index (χ0) is 17.5. The van der Waals surface area contributed by atoms with Crippen molar-refractivity contribution in [3.8, 4) is 0 Å². The van der Waals surface area contributed by atoms with E-state index in [0.717, 1.165) is 27.6 Å². The zero-order valence-electron chi connectivity index (χ0n) is 14.8. The van der Waals surface area contributed by atoms with Crippen molar-refractivity contribution in [3.63, 3.8) is 0 Å². The van der Waals surface area contributed by atoms with E-state index in [1.807, 2.05) is 47.4 Å². The Kier molecular flexibility index (Phi) is 6.35. The van der Waals surface area contributed by atoms with Gasteiger partial charge in [0.2, 0.25) is 5.91 Å². The Morgan fingerprint density at radius 2 is 1.56 bits per heavy atom. The SMILES string of the molecule is CCCCCC/C=C/CC(=O)N1c2ccccc2Sc2ccccc21. The summed E-state index contributed by atoms with van der Waals surface area (Å²) in [5.41, 5.74) is 1.99. The minimum Gasteiger partial charge on any atom is -0.279 e. The van der Waals surface area contributed by atoms with Crippen molar-refractivity contribution in [2.45, 2.75) is 55.2 Å². The van der Waals surface area contributed by atoms with E-state index in [2.05, 4.69) is 25.1 Å². The van der Waals surface area contributed by atoms with Gasteiger partial charge in [-0.25, -0.2) is 0 Å². The van der Waals surface area contributed by atoms with Gasteiger partial charge in [0, 0.05) is 16.2 Å². The van der Waals surface area contributed by atoms with Crippen molar-refractivity contribution in [1.82, 2.24) is 0 Å². The van der Waals surface area contributed by atoms with Gasteiger partial charge in [-0.05, 0) is 37.1 Å². The molecule has 0 spiro atoms. The van der Waals surface area contributed by atoms with E-state index >= 15 is 0 Å². The van der Waals surface area contributed by atoms with Crippen molar-refractivity contribution in [1.29, 1.82) is 0 Å². The molecule has 130 valence electrons. The van der Waals surface area contributed by atoms with Crippen molar-refractivity contribution in [2.24, 2.45) is 0 Å². The summed E-state index contributed by atoms with van der Waals surface area (Å²) in [6.45, 7) is 2.22. The molecule has 1 amide bonds. The molecule has 1 aliphatic heterocycles. The van der Waals surface area contributed by atoms with Crippen LogP contribution in [0.25, 0.3) is 0 Å². The van der Waals surface area contributed by atoms with Gasteiger partial charge in [-0.15, -0.1) is 0 Å². The molecule has 2 aromatic carbocycles. The van der Waals surface area contributed by atoms with Gasteiger partial charge >= 0.3 is 0 Å². The van der Waals surface area contributed by atoms with Crippen LogP contribution in [0.3, 0.4) is 0 Å². The summed E-state index contributed by atoms with van der Waals surface area (Å²) >= 11 is 1.73. The van der Waals surface area contributed by atoms with Crippen LogP contribution in [0.5, 0.6) is 0 Å². The molecule has 0 N–H and O–H groups in total. The predicted octanol–water partition coefficient (Wildman–Crippen LogP) is 6.73. The fourth-order valence-electron chi connectivity index (χ4n) is 3.06. The first-order valence-electron chi connectivity index (χ1n) is 9.15. The predicted molar refractivity (Wildman–Crippen MR) is 107 cm³/mol. The summed E-state index contributed by atoms with van der Waals surface area (Å²) in [5.74, 6) is 0.130. The number of amides is 1. The number of anilines is 2. The molecule has 0 saturated heterocycles. The number of hydrogen-bond donors (Lipinski definition) is 0. The largest absolute Gasteiger partial charge is 0.279 e. The Morgan fingerprint density at radius 3 is 2.20 bits per heavy atom. The second kappa shape index (κ2) is 8.91. The van der Waals surface area contributed by atoms with Gasteiger partial charge in [0.25, 0.3) is 0 Å². The van der Waals surface area contributed by atoms with E-state index in [0.29, 0.717) is 6.42 Å². The van der Waals surface area contributed by atoms with Crippen LogP contribution in [0.2, 0.25) is 0 Å². The topological polar surface area (TPSA) is 20.3 Å². The molecule has 0 atom stereocenters. The van der Waals surface area contributed by atoms with Crippen molar-refractivity contribution in [3.05, 3.63) is 60.7 Å². The Hall–Kier alpha value is -2.00. The summed E-state index contributed by atoms with van der Waals surface area (Å²) in [6.07, 6.45) is 10.7. The van der Waals surface area contributed by atoms with Crippen LogP contribution < -0.4 is 4.90 Å². The van der Waals surface area contributed by atoms with Crippen LogP contribution in [-0.2, 0) is 4.79 Å². The first-order valence-corrected chi connectivity index (χ1v) is 9.96. The van der Waals surface area contributed by atoms with Crippen LogP contribution in [0, 0.1) is 0 Å². The lowest BCUT2D eigenvalue weighted by Crippen LogP contribution is -2.27. The van der Waals surface area contributed by atoms with Gasteiger partial charge in [0.15, 0.2) is 0 Å². The summed E-state index contributed by atoms with van der Waals surface area (Å²) in [7, 11) is 0. The average Bonchev–Trinajstić information content (AvgIpc) is 2.65. The van der Waals surface area contributed by atoms with E-state index in [-0.39, 0.29) is 5.91 Å². The van der Waals surface area contributed by atoms with Crippen LogP contribution in [0.15, 0.2) is 70.5 Å². The standard InChI is InChI=1S/C22H25NOS/c1-2-3-4-5-6-7-8-17-22(24)23-18-13-9-11-15-20(18)25-21-16-12-10-14-19(21)23/h7-16H,2-6,17H2,1H3/b8-7+. The molecule has 0 unspecified atom stereocenters. The maximum absolute atomic E-state index is 12.9. The molecule has 0 aliphatic carbocycles. The Bertz CT molecular complexity index is 708. The highest BCUT2D eigenvalue weighted by Crippen LogP contribution is 2.48. The average molecular weight is 352 g/mol. The van der Waals surface area contributed by atoms with Crippen LogP contribution in [0.1, 0.15) is 45.4 Å². The first-order chi connectivity index (χ1) is 12.3. The first kappa shape index (κ1) is 17.8. The summed E-state index contributed by atoms with van der Waals surface area (Å²) < 4.78 is 0. The third kappa shape index (κ3) is 4.35. The fraction of sp³-hybridized carbons (Fsp3) is 0.318. The van der Waals surface area contributed by atoms with Crippen LogP contribution >= 0.6 is 11.8 Å². The molecule has 1 aliphatic rings. The molecule has 1 heterocycles. The van der Waals surface area contributed by atoms with E-state index in [1.54, 1.807) is 11.8 Å². The quantitative estimate of drug-likeness (QED) is 0.407. The van der Waals surface area contributed by atoms with E-state index in [1.165, 1.54) is 25.7 Å². The number of rotatable bonds is 7. The Labute approximate surface area is 154 Å². The van der Waals surface area contributed by atoms with Gasteiger partial charge < -0.3 is 0 Å². The summed E-state index contributed by atoms with van der Waals surface area (Å²) in [5, 5.41) is 0. The van der Waals surface area contributed by atoms with Gasteiger partial charge in [-0.1, -0.05) is 74.4 Å². The highest BCUT2D eigenvalue weighted by atomic mass is 32.2. The van der Waals surface area contributed by atoms with E-state index < -0.39 is 0 Å². The molecule has 3 heteroatoms. The minimum absolute atomic E-state index is 0.130.